The van der Waals surface area contributed by atoms with Gasteiger partial charge in [-0.05, 0) is 12.1 Å². The van der Waals surface area contributed by atoms with E-state index in [-0.39, 0.29) is 17.7 Å². The predicted octanol–water partition coefficient (Wildman–Crippen LogP) is 3.53. The minimum absolute atomic E-state index is 0.0372. The van der Waals surface area contributed by atoms with Crippen LogP contribution in [-0.4, -0.2) is 5.78 Å². The maximum Gasteiger partial charge on any atom is 0.417 e. The summed E-state index contributed by atoms with van der Waals surface area (Å²) >= 11 is 5.42. The van der Waals surface area contributed by atoms with Crippen molar-refractivity contribution in [2.75, 3.05) is 5.73 Å². The SMILES string of the molecule is CCC(=O)c1cc(C(F)(F)F)c(Cl)cc1N. The van der Waals surface area contributed by atoms with E-state index in [1.54, 1.807) is 6.92 Å². The standard InChI is InChI=1S/C10H9ClF3NO/c1-2-9(16)5-3-6(10(12,13)14)7(11)4-8(5)15/h3-4H,2,15H2,1H3. The van der Waals surface area contributed by atoms with Crippen LogP contribution in [0, 0.1) is 0 Å². The van der Waals surface area contributed by atoms with Crippen LogP contribution in [0.2, 0.25) is 5.02 Å². The second-order valence-electron chi connectivity index (χ2n) is 3.19. The number of rotatable bonds is 2. The van der Waals surface area contributed by atoms with Gasteiger partial charge in [-0.2, -0.15) is 13.2 Å². The first-order chi connectivity index (χ1) is 7.27. The summed E-state index contributed by atoms with van der Waals surface area (Å²) in [7, 11) is 0. The molecule has 0 amide bonds. The Morgan fingerprint density at radius 1 is 1.44 bits per heavy atom. The average molecular weight is 252 g/mol. The molecule has 0 aliphatic rings. The molecule has 6 heteroatoms. The summed E-state index contributed by atoms with van der Waals surface area (Å²) in [6.07, 6.45) is -4.50. The summed E-state index contributed by atoms with van der Waals surface area (Å²) in [6.45, 7) is 1.55. The van der Waals surface area contributed by atoms with E-state index in [9.17, 15) is 18.0 Å². The molecular weight excluding hydrogens is 243 g/mol. The molecule has 2 N–H and O–H groups in total. The third kappa shape index (κ3) is 2.47. The first kappa shape index (κ1) is 12.8. The summed E-state index contributed by atoms with van der Waals surface area (Å²) in [5.74, 6) is -0.445. The van der Waals surface area contributed by atoms with Crippen LogP contribution in [0.15, 0.2) is 12.1 Å². The summed E-state index contributed by atoms with van der Waals surface area (Å²) < 4.78 is 37.5. The molecule has 0 radical (unpaired) electrons. The molecular formula is C10H9ClF3NO. The maximum atomic E-state index is 12.5. The van der Waals surface area contributed by atoms with Crippen LogP contribution in [0.4, 0.5) is 18.9 Å². The molecule has 0 spiro atoms. The smallest absolute Gasteiger partial charge is 0.398 e. The van der Waals surface area contributed by atoms with Crippen molar-refractivity contribution in [3.05, 3.63) is 28.3 Å². The predicted molar refractivity (Wildman–Crippen MR) is 55.5 cm³/mol. The topological polar surface area (TPSA) is 43.1 Å². The number of carbonyl (C=O) groups excluding carboxylic acids is 1. The Bertz CT molecular complexity index is 429. The zero-order chi connectivity index (χ0) is 12.5. The van der Waals surface area contributed by atoms with E-state index >= 15 is 0 Å². The van der Waals surface area contributed by atoms with Crippen LogP contribution in [-0.2, 0) is 6.18 Å². The Labute approximate surface area is 95.2 Å². The number of Topliss-reactive ketones (excluding diaryl/α,β-unsaturated/α-hetero) is 1. The number of carbonyl (C=O) groups is 1. The normalized spacial score (nSPS) is 11.6. The van der Waals surface area contributed by atoms with E-state index in [1.165, 1.54) is 0 Å². The van der Waals surface area contributed by atoms with Crippen molar-refractivity contribution in [1.29, 1.82) is 0 Å². The van der Waals surface area contributed by atoms with Crippen molar-refractivity contribution in [1.82, 2.24) is 0 Å². The molecule has 0 fully saturated rings. The highest BCUT2D eigenvalue weighted by molar-refractivity contribution is 6.32. The number of halogens is 4. The number of nitrogens with two attached hydrogens (primary N) is 1. The van der Waals surface area contributed by atoms with Crippen LogP contribution >= 0.6 is 11.6 Å². The minimum Gasteiger partial charge on any atom is -0.398 e. The molecule has 0 atom stereocenters. The first-order valence-corrected chi connectivity index (χ1v) is 4.84. The second kappa shape index (κ2) is 4.33. The van der Waals surface area contributed by atoms with Crippen molar-refractivity contribution >= 4 is 23.1 Å². The molecule has 0 aliphatic heterocycles. The quantitative estimate of drug-likeness (QED) is 0.645. The molecule has 0 bridgehead atoms. The summed E-state index contributed by atoms with van der Waals surface area (Å²) in [4.78, 5) is 11.3. The molecule has 1 aromatic rings. The van der Waals surface area contributed by atoms with E-state index in [0.29, 0.717) is 6.07 Å². The van der Waals surface area contributed by atoms with E-state index < -0.39 is 22.5 Å². The van der Waals surface area contributed by atoms with Gasteiger partial charge in [0.15, 0.2) is 5.78 Å². The van der Waals surface area contributed by atoms with Gasteiger partial charge in [-0.1, -0.05) is 18.5 Å². The first-order valence-electron chi connectivity index (χ1n) is 4.46. The monoisotopic (exact) mass is 251 g/mol. The lowest BCUT2D eigenvalue weighted by Crippen LogP contribution is -2.10. The fraction of sp³-hybridized carbons (Fsp3) is 0.300. The average Bonchev–Trinajstić information content (AvgIpc) is 2.14. The molecule has 16 heavy (non-hydrogen) atoms. The molecule has 0 unspecified atom stereocenters. The summed E-state index contributed by atoms with van der Waals surface area (Å²) in [6, 6.07) is 1.65. The third-order valence-electron chi connectivity index (χ3n) is 2.07. The minimum atomic E-state index is -4.59. The molecule has 0 heterocycles. The van der Waals surface area contributed by atoms with Crippen molar-refractivity contribution in [3.63, 3.8) is 0 Å². The Kier molecular flexibility index (Phi) is 3.48. The van der Waals surface area contributed by atoms with Crippen molar-refractivity contribution < 1.29 is 18.0 Å². The van der Waals surface area contributed by atoms with Gasteiger partial charge in [0, 0.05) is 17.7 Å². The summed E-state index contributed by atoms with van der Waals surface area (Å²) in [5, 5.41) is -0.502. The van der Waals surface area contributed by atoms with Gasteiger partial charge in [0.05, 0.1) is 10.6 Å². The van der Waals surface area contributed by atoms with Gasteiger partial charge >= 0.3 is 6.18 Å². The number of alkyl halides is 3. The van der Waals surface area contributed by atoms with Gasteiger partial charge in [-0.25, -0.2) is 0 Å². The molecule has 0 aliphatic carbocycles. The molecule has 2 nitrogen and oxygen atoms in total. The van der Waals surface area contributed by atoms with Gasteiger partial charge in [-0.3, -0.25) is 4.79 Å². The lowest BCUT2D eigenvalue weighted by molar-refractivity contribution is -0.137. The highest BCUT2D eigenvalue weighted by atomic mass is 35.5. The third-order valence-corrected chi connectivity index (χ3v) is 2.38. The molecule has 0 aromatic heterocycles. The molecule has 0 saturated carbocycles. The van der Waals surface area contributed by atoms with Gasteiger partial charge < -0.3 is 5.73 Å². The highest BCUT2D eigenvalue weighted by Crippen LogP contribution is 2.37. The van der Waals surface area contributed by atoms with E-state index in [2.05, 4.69) is 0 Å². The molecule has 1 rings (SSSR count). The lowest BCUT2D eigenvalue weighted by atomic mass is 10.0. The zero-order valence-electron chi connectivity index (χ0n) is 8.36. The van der Waals surface area contributed by atoms with Crippen LogP contribution in [0.3, 0.4) is 0 Å². The van der Waals surface area contributed by atoms with E-state index in [0.717, 1.165) is 6.07 Å². The lowest BCUT2D eigenvalue weighted by Gasteiger charge is -2.12. The van der Waals surface area contributed by atoms with Crippen LogP contribution < -0.4 is 5.73 Å². The number of ketones is 1. The van der Waals surface area contributed by atoms with Crippen LogP contribution in [0.25, 0.3) is 0 Å². The second-order valence-corrected chi connectivity index (χ2v) is 3.60. The Morgan fingerprint density at radius 2 is 2.00 bits per heavy atom. The number of hydrogen-bond donors (Lipinski definition) is 1. The fourth-order valence-electron chi connectivity index (χ4n) is 1.24. The van der Waals surface area contributed by atoms with E-state index in [1.807, 2.05) is 0 Å². The number of anilines is 1. The largest absolute Gasteiger partial charge is 0.417 e. The van der Waals surface area contributed by atoms with Gasteiger partial charge in [0.1, 0.15) is 0 Å². The molecule has 88 valence electrons. The Morgan fingerprint density at radius 3 is 2.44 bits per heavy atom. The fourth-order valence-corrected chi connectivity index (χ4v) is 1.52. The van der Waals surface area contributed by atoms with Gasteiger partial charge in [0.25, 0.3) is 0 Å². The van der Waals surface area contributed by atoms with Crippen molar-refractivity contribution in [2.45, 2.75) is 19.5 Å². The Balaban J connectivity index is 3.39. The van der Waals surface area contributed by atoms with Crippen LogP contribution in [0.1, 0.15) is 29.3 Å². The highest BCUT2D eigenvalue weighted by Gasteiger charge is 2.34. The number of benzene rings is 1. The van der Waals surface area contributed by atoms with Crippen molar-refractivity contribution in [3.8, 4) is 0 Å². The molecule has 0 saturated heterocycles. The van der Waals surface area contributed by atoms with E-state index in [4.69, 9.17) is 17.3 Å². The van der Waals surface area contributed by atoms with Gasteiger partial charge in [-0.15, -0.1) is 0 Å². The maximum absolute atomic E-state index is 12.5. The Hall–Kier alpha value is -1.23. The summed E-state index contributed by atoms with van der Waals surface area (Å²) in [5.41, 5.74) is 4.22. The van der Waals surface area contributed by atoms with Crippen molar-refractivity contribution in [2.24, 2.45) is 0 Å². The van der Waals surface area contributed by atoms with Gasteiger partial charge in [0.2, 0.25) is 0 Å². The molecule has 1 aromatic carbocycles. The number of nitrogen functional groups attached to an aromatic ring is 1. The number of hydrogen-bond acceptors (Lipinski definition) is 2. The zero-order valence-corrected chi connectivity index (χ0v) is 9.12. The van der Waals surface area contributed by atoms with Crippen LogP contribution in [0.5, 0.6) is 0 Å².